The predicted octanol–water partition coefficient (Wildman–Crippen LogP) is 3.78. The second-order valence-electron chi connectivity index (χ2n) is 6.25. The van der Waals surface area contributed by atoms with E-state index in [1.54, 1.807) is 0 Å². The summed E-state index contributed by atoms with van der Waals surface area (Å²) in [4.78, 5) is 11.9. The van der Waals surface area contributed by atoms with Crippen LogP contribution in [0.2, 0.25) is 0 Å². The quantitative estimate of drug-likeness (QED) is 0.461. The highest BCUT2D eigenvalue weighted by atomic mass is 32.2. The molecule has 7 heteroatoms. The Morgan fingerprint density at radius 1 is 0.964 bits per heavy atom. The number of hydrogen-bond acceptors (Lipinski definition) is 4. The van der Waals surface area contributed by atoms with E-state index in [1.807, 2.05) is 42.5 Å². The van der Waals surface area contributed by atoms with Gasteiger partial charge in [-0.3, -0.25) is 4.79 Å². The van der Waals surface area contributed by atoms with Crippen molar-refractivity contribution >= 4 is 26.8 Å². The first-order valence-electron chi connectivity index (χ1n) is 8.83. The topological polar surface area (TPSA) is 72.5 Å². The van der Waals surface area contributed by atoms with Gasteiger partial charge in [0.05, 0.1) is 4.90 Å². The second-order valence-corrected chi connectivity index (χ2v) is 8.02. The minimum absolute atomic E-state index is 0.0209. The molecule has 0 fully saturated rings. The molecule has 146 valence electrons. The molecule has 3 aromatic carbocycles. The minimum atomic E-state index is -3.72. The lowest BCUT2D eigenvalue weighted by atomic mass is 10.1. The Balaban J connectivity index is 1.45. The smallest absolute Gasteiger partial charge is 0.306 e. The summed E-state index contributed by atoms with van der Waals surface area (Å²) in [6.45, 7) is 0.255. The zero-order valence-electron chi connectivity index (χ0n) is 15.1. The molecule has 0 spiro atoms. The lowest BCUT2D eigenvalue weighted by molar-refractivity contribution is -0.145. The van der Waals surface area contributed by atoms with E-state index < -0.39 is 21.8 Å². The number of sulfonamides is 1. The molecule has 0 radical (unpaired) electrons. The first-order valence-corrected chi connectivity index (χ1v) is 10.3. The molecule has 0 atom stereocenters. The summed E-state index contributed by atoms with van der Waals surface area (Å²) in [7, 11) is -3.72. The van der Waals surface area contributed by atoms with Crippen molar-refractivity contribution in [3.8, 4) is 0 Å². The van der Waals surface area contributed by atoms with Crippen LogP contribution in [0.25, 0.3) is 10.8 Å². The SMILES string of the molecule is O=C(CCCNS(=O)(=O)c1ccc(F)cc1)OCc1cccc2ccccc12. The largest absolute Gasteiger partial charge is 0.461 e. The van der Waals surface area contributed by atoms with Gasteiger partial charge in [0.2, 0.25) is 10.0 Å². The highest BCUT2D eigenvalue weighted by molar-refractivity contribution is 7.89. The van der Waals surface area contributed by atoms with Gasteiger partial charge in [-0.25, -0.2) is 17.5 Å². The lowest BCUT2D eigenvalue weighted by Crippen LogP contribution is -2.25. The fourth-order valence-electron chi connectivity index (χ4n) is 2.79. The normalized spacial score (nSPS) is 11.5. The summed E-state index contributed by atoms with van der Waals surface area (Å²) in [5.41, 5.74) is 0.920. The summed E-state index contributed by atoms with van der Waals surface area (Å²) in [5.74, 6) is -0.901. The first-order chi connectivity index (χ1) is 13.5. The molecule has 0 saturated carbocycles. The first kappa shape index (κ1) is 20.0. The monoisotopic (exact) mass is 401 g/mol. The number of rotatable bonds is 8. The summed E-state index contributed by atoms with van der Waals surface area (Å²) in [6.07, 6.45) is 0.394. The Bertz CT molecular complexity index is 1060. The van der Waals surface area contributed by atoms with E-state index in [-0.39, 0.29) is 24.5 Å². The zero-order chi connectivity index (χ0) is 20.0. The highest BCUT2D eigenvalue weighted by Gasteiger charge is 2.13. The molecule has 0 amide bonds. The lowest BCUT2D eigenvalue weighted by Gasteiger charge is -2.09. The minimum Gasteiger partial charge on any atom is -0.461 e. The van der Waals surface area contributed by atoms with Crippen LogP contribution < -0.4 is 4.72 Å². The van der Waals surface area contributed by atoms with Gasteiger partial charge >= 0.3 is 5.97 Å². The molecule has 0 heterocycles. The number of fused-ring (bicyclic) bond motifs is 1. The highest BCUT2D eigenvalue weighted by Crippen LogP contribution is 2.19. The Hall–Kier alpha value is -2.77. The Morgan fingerprint density at radius 2 is 1.68 bits per heavy atom. The van der Waals surface area contributed by atoms with Crippen LogP contribution >= 0.6 is 0 Å². The Labute approximate surface area is 163 Å². The maximum absolute atomic E-state index is 12.9. The van der Waals surface area contributed by atoms with Crippen LogP contribution in [0.15, 0.2) is 71.6 Å². The van der Waals surface area contributed by atoms with E-state index in [9.17, 15) is 17.6 Å². The molecule has 3 aromatic rings. The number of hydrogen-bond donors (Lipinski definition) is 1. The van der Waals surface area contributed by atoms with Crippen molar-refractivity contribution in [1.82, 2.24) is 4.72 Å². The number of carbonyl (C=O) groups excluding carboxylic acids is 1. The second kappa shape index (κ2) is 8.95. The molecule has 0 saturated heterocycles. The van der Waals surface area contributed by atoms with Crippen molar-refractivity contribution in [3.05, 3.63) is 78.1 Å². The molecule has 28 heavy (non-hydrogen) atoms. The summed E-state index contributed by atoms with van der Waals surface area (Å²) < 4.78 is 44.7. The molecule has 0 aromatic heterocycles. The molecule has 1 N–H and O–H groups in total. The van der Waals surface area contributed by atoms with Gasteiger partial charge in [0.25, 0.3) is 0 Å². The van der Waals surface area contributed by atoms with Gasteiger partial charge in [0, 0.05) is 13.0 Å². The van der Waals surface area contributed by atoms with E-state index in [1.165, 1.54) is 12.1 Å². The average molecular weight is 401 g/mol. The molecule has 0 aliphatic heterocycles. The van der Waals surface area contributed by atoms with E-state index in [2.05, 4.69) is 4.72 Å². The van der Waals surface area contributed by atoms with Gasteiger partial charge in [-0.05, 0) is 47.0 Å². The molecule has 5 nitrogen and oxygen atoms in total. The number of halogens is 1. The van der Waals surface area contributed by atoms with Crippen molar-refractivity contribution < 1.29 is 22.3 Å². The third-order valence-electron chi connectivity index (χ3n) is 4.24. The Kier molecular flexibility index (Phi) is 6.38. The van der Waals surface area contributed by atoms with Gasteiger partial charge in [-0.1, -0.05) is 42.5 Å². The maximum Gasteiger partial charge on any atom is 0.306 e. The van der Waals surface area contributed by atoms with Crippen LogP contribution in [0.5, 0.6) is 0 Å². The molecular weight excluding hydrogens is 381 g/mol. The molecule has 0 unspecified atom stereocenters. The number of esters is 1. The third-order valence-corrected chi connectivity index (χ3v) is 5.72. The van der Waals surface area contributed by atoms with Crippen molar-refractivity contribution in [2.24, 2.45) is 0 Å². The number of benzene rings is 3. The fraction of sp³-hybridized carbons (Fsp3) is 0.190. The molecule has 0 aliphatic rings. The van der Waals surface area contributed by atoms with Gasteiger partial charge in [0.1, 0.15) is 12.4 Å². The van der Waals surface area contributed by atoms with Crippen LogP contribution in [0.3, 0.4) is 0 Å². The van der Waals surface area contributed by atoms with Crippen molar-refractivity contribution in [2.75, 3.05) is 6.54 Å². The van der Waals surface area contributed by atoms with E-state index in [4.69, 9.17) is 4.74 Å². The third kappa shape index (κ3) is 5.15. The van der Waals surface area contributed by atoms with Crippen molar-refractivity contribution in [2.45, 2.75) is 24.3 Å². The fourth-order valence-corrected chi connectivity index (χ4v) is 3.86. The van der Waals surface area contributed by atoms with Gasteiger partial charge in [-0.15, -0.1) is 0 Å². The van der Waals surface area contributed by atoms with Crippen LogP contribution in [0, 0.1) is 5.82 Å². The van der Waals surface area contributed by atoms with Gasteiger partial charge in [0.15, 0.2) is 0 Å². The van der Waals surface area contributed by atoms with E-state index in [0.717, 1.165) is 28.5 Å². The van der Waals surface area contributed by atoms with E-state index in [0.29, 0.717) is 6.42 Å². The maximum atomic E-state index is 12.9. The Morgan fingerprint density at radius 3 is 2.46 bits per heavy atom. The molecular formula is C21H20FNO4S. The van der Waals surface area contributed by atoms with Gasteiger partial charge in [-0.2, -0.15) is 0 Å². The summed E-state index contributed by atoms with van der Waals surface area (Å²) >= 11 is 0. The van der Waals surface area contributed by atoms with Crippen molar-refractivity contribution in [1.29, 1.82) is 0 Å². The summed E-state index contributed by atoms with van der Waals surface area (Å²) in [6, 6.07) is 18.2. The standard InChI is InChI=1S/C21H20FNO4S/c22-18-10-12-19(13-11-18)28(25,26)23-14-4-9-21(24)27-15-17-7-3-6-16-5-1-2-8-20(16)17/h1-3,5-8,10-13,23H,4,9,14-15H2. The number of carbonyl (C=O) groups is 1. The van der Waals surface area contributed by atoms with E-state index >= 15 is 0 Å². The summed E-state index contributed by atoms with van der Waals surface area (Å²) in [5, 5.41) is 2.11. The van der Waals surface area contributed by atoms with Crippen LogP contribution in [-0.4, -0.2) is 20.9 Å². The van der Waals surface area contributed by atoms with Crippen LogP contribution in [0.1, 0.15) is 18.4 Å². The van der Waals surface area contributed by atoms with Crippen LogP contribution in [0.4, 0.5) is 4.39 Å². The number of nitrogens with one attached hydrogen (secondary N) is 1. The molecule has 0 bridgehead atoms. The van der Waals surface area contributed by atoms with Crippen LogP contribution in [-0.2, 0) is 26.2 Å². The zero-order valence-corrected chi connectivity index (χ0v) is 15.9. The van der Waals surface area contributed by atoms with Gasteiger partial charge < -0.3 is 4.74 Å². The van der Waals surface area contributed by atoms with Crippen molar-refractivity contribution in [3.63, 3.8) is 0 Å². The molecule has 0 aliphatic carbocycles. The number of ether oxygens (including phenoxy) is 1. The predicted molar refractivity (Wildman–Crippen MR) is 105 cm³/mol. The average Bonchev–Trinajstić information content (AvgIpc) is 2.70. The molecule has 3 rings (SSSR count).